The van der Waals surface area contributed by atoms with Crippen LogP contribution in [0.3, 0.4) is 0 Å². The summed E-state index contributed by atoms with van der Waals surface area (Å²) < 4.78 is 1.88. The summed E-state index contributed by atoms with van der Waals surface area (Å²) in [7, 11) is 1.97. The molecule has 0 spiro atoms. The van der Waals surface area contributed by atoms with E-state index in [2.05, 4.69) is 23.5 Å². The third kappa shape index (κ3) is 1.36. The van der Waals surface area contributed by atoms with Crippen LogP contribution in [0.2, 0.25) is 0 Å². The number of aryl methyl sites for hydroxylation is 2. The van der Waals surface area contributed by atoms with E-state index in [1.807, 2.05) is 23.5 Å². The first-order valence-corrected chi connectivity index (χ1v) is 5.17. The SMILES string of the molecule is Cc1nn(C)cc1C1NCCS1. The molecule has 0 bridgehead atoms. The lowest BCUT2D eigenvalue weighted by Crippen LogP contribution is -2.12. The van der Waals surface area contributed by atoms with Gasteiger partial charge in [0, 0.05) is 31.1 Å². The van der Waals surface area contributed by atoms with Crippen LogP contribution >= 0.6 is 11.8 Å². The lowest BCUT2D eigenvalue weighted by Gasteiger charge is -2.06. The summed E-state index contributed by atoms with van der Waals surface area (Å²) in [5.41, 5.74) is 2.48. The molecule has 0 amide bonds. The van der Waals surface area contributed by atoms with E-state index < -0.39 is 0 Å². The highest BCUT2D eigenvalue weighted by atomic mass is 32.2. The summed E-state index contributed by atoms with van der Waals surface area (Å²) in [5, 5.41) is 8.23. The summed E-state index contributed by atoms with van der Waals surface area (Å²) >= 11 is 1.96. The molecule has 3 nitrogen and oxygen atoms in total. The van der Waals surface area contributed by atoms with Crippen molar-refractivity contribution in [1.29, 1.82) is 0 Å². The van der Waals surface area contributed by atoms with Crippen molar-refractivity contribution in [2.45, 2.75) is 12.3 Å². The molecule has 2 rings (SSSR count). The first-order valence-electron chi connectivity index (χ1n) is 4.12. The summed E-state index contributed by atoms with van der Waals surface area (Å²) in [6.45, 7) is 3.18. The van der Waals surface area contributed by atoms with E-state index in [4.69, 9.17) is 0 Å². The second kappa shape index (κ2) is 3.11. The second-order valence-corrected chi connectivity index (χ2v) is 4.26. The summed E-state index contributed by atoms with van der Waals surface area (Å²) in [6, 6.07) is 0. The van der Waals surface area contributed by atoms with Crippen LogP contribution in [0.25, 0.3) is 0 Å². The van der Waals surface area contributed by atoms with Gasteiger partial charge in [-0.2, -0.15) is 5.10 Å². The Morgan fingerprint density at radius 2 is 2.58 bits per heavy atom. The molecule has 0 saturated carbocycles. The van der Waals surface area contributed by atoms with Gasteiger partial charge in [-0.1, -0.05) is 0 Å². The number of rotatable bonds is 1. The molecule has 4 heteroatoms. The van der Waals surface area contributed by atoms with E-state index in [1.165, 1.54) is 11.3 Å². The smallest absolute Gasteiger partial charge is 0.0823 e. The van der Waals surface area contributed by atoms with Gasteiger partial charge in [0.2, 0.25) is 0 Å². The summed E-state index contributed by atoms with van der Waals surface area (Å²) in [6.07, 6.45) is 2.10. The molecule has 1 aromatic heterocycles. The van der Waals surface area contributed by atoms with E-state index in [-0.39, 0.29) is 0 Å². The van der Waals surface area contributed by atoms with Crippen molar-refractivity contribution in [3.63, 3.8) is 0 Å². The Kier molecular flexibility index (Phi) is 2.11. The zero-order chi connectivity index (χ0) is 8.55. The molecule has 1 atom stereocenters. The van der Waals surface area contributed by atoms with E-state index in [9.17, 15) is 0 Å². The molecule has 2 heterocycles. The molecule has 1 unspecified atom stereocenters. The zero-order valence-corrected chi connectivity index (χ0v) is 8.19. The fraction of sp³-hybridized carbons (Fsp3) is 0.625. The quantitative estimate of drug-likeness (QED) is 0.706. The van der Waals surface area contributed by atoms with Crippen LogP contribution in [-0.2, 0) is 7.05 Å². The molecular weight excluding hydrogens is 170 g/mol. The summed E-state index contributed by atoms with van der Waals surface area (Å²) in [5.74, 6) is 1.21. The van der Waals surface area contributed by atoms with Gasteiger partial charge in [-0.25, -0.2) is 0 Å². The molecule has 1 fully saturated rings. The highest BCUT2D eigenvalue weighted by Gasteiger charge is 2.20. The van der Waals surface area contributed by atoms with Crippen molar-refractivity contribution in [3.05, 3.63) is 17.5 Å². The fourth-order valence-corrected chi connectivity index (χ4v) is 2.62. The third-order valence-corrected chi connectivity index (χ3v) is 3.24. The molecule has 1 N–H and O–H groups in total. The Labute approximate surface area is 76.5 Å². The first-order chi connectivity index (χ1) is 5.77. The number of aromatic nitrogens is 2. The third-order valence-electron chi connectivity index (χ3n) is 2.05. The van der Waals surface area contributed by atoms with Crippen LogP contribution in [-0.4, -0.2) is 22.1 Å². The molecule has 0 aliphatic carbocycles. The number of hydrogen-bond acceptors (Lipinski definition) is 3. The lowest BCUT2D eigenvalue weighted by atomic mass is 10.2. The molecule has 1 aromatic rings. The Morgan fingerprint density at radius 1 is 1.75 bits per heavy atom. The highest BCUT2D eigenvalue weighted by molar-refractivity contribution is 7.99. The van der Waals surface area contributed by atoms with E-state index in [1.54, 1.807) is 0 Å². The minimum absolute atomic E-state index is 0.471. The molecule has 1 saturated heterocycles. The zero-order valence-electron chi connectivity index (χ0n) is 7.37. The fourth-order valence-electron chi connectivity index (χ4n) is 1.50. The van der Waals surface area contributed by atoms with Crippen LogP contribution in [0, 0.1) is 6.92 Å². The van der Waals surface area contributed by atoms with Crippen LogP contribution in [0.4, 0.5) is 0 Å². The molecule has 66 valence electrons. The monoisotopic (exact) mass is 183 g/mol. The van der Waals surface area contributed by atoms with Crippen molar-refractivity contribution in [1.82, 2.24) is 15.1 Å². The molecule has 0 radical (unpaired) electrons. The molecular formula is C8H13N3S. The average Bonchev–Trinajstić information content (AvgIpc) is 2.58. The van der Waals surface area contributed by atoms with E-state index in [0.717, 1.165) is 12.2 Å². The van der Waals surface area contributed by atoms with Gasteiger partial charge in [0.1, 0.15) is 0 Å². The van der Waals surface area contributed by atoms with Crippen LogP contribution in [0.15, 0.2) is 6.20 Å². The highest BCUT2D eigenvalue weighted by Crippen LogP contribution is 2.30. The van der Waals surface area contributed by atoms with Gasteiger partial charge < -0.3 is 5.32 Å². The van der Waals surface area contributed by atoms with Gasteiger partial charge in [0.15, 0.2) is 0 Å². The van der Waals surface area contributed by atoms with Crippen LogP contribution in [0.5, 0.6) is 0 Å². The Balaban J connectivity index is 2.25. The van der Waals surface area contributed by atoms with Gasteiger partial charge >= 0.3 is 0 Å². The molecule has 0 aromatic carbocycles. The minimum Gasteiger partial charge on any atom is -0.301 e. The van der Waals surface area contributed by atoms with E-state index >= 15 is 0 Å². The lowest BCUT2D eigenvalue weighted by molar-refractivity contribution is 0.744. The standard InChI is InChI=1S/C8H13N3S/c1-6-7(5-11(2)10-6)8-9-3-4-12-8/h5,8-9H,3-4H2,1-2H3. The second-order valence-electron chi connectivity index (χ2n) is 3.05. The predicted octanol–water partition coefficient (Wildman–Crippen LogP) is 1.06. The maximum Gasteiger partial charge on any atom is 0.0823 e. The largest absolute Gasteiger partial charge is 0.301 e. The van der Waals surface area contributed by atoms with Crippen molar-refractivity contribution < 1.29 is 0 Å². The normalized spacial score (nSPS) is 23.3. The van der Waals surface area contributed by atoms with Crippen LogP contribution in [0.1, 0.15) is 16.6 Å². The Hall–Kier alpha value is -0.480. The van der Waals surface area contributed by atoms with Gasteiger partial charge in [0.05, 0.1) is 11.1 Å². The Bertz CT molecular complexity index is 276. The van der Waals surface area contributed by atoms with Crippen LogP contribution < -0.4 is 5.32 Å². The maximum absolute atomic E-state index is 4.32. The maximum atomic E-state index is 4.32. The van der Waals surface area contributed by atoms with Gasteiger partial charge in [0.25, 0.3) is 0 Å². The number of nitrogens with zero attached hydrogens (tertiary/aromatic N) is 2. The van der Waals surface area contributed by atoms with Gasteiger partial charge in [-0.15, -0.1) is 11.8 Å². The van der Waals surface area contributed by atoms with Gasteiger partial charge in [-0.3, -0.25) is 4.68 Å². The predicted molar refractivity (Wildman–Crippen MR) is 51.1 cm³/mol. The number of nitrogens with one attached hydrogen (secondary N) is 1. The minimum atomic E-state index is 0.471. The summed E-state index contributed by atoms with van der Waals surface area (Å²) in [4.78, 5) is 0. The Morgan fingerprint density at radius 3 is 3.08 bits per heavy atom. The number of thioether (sulfide) groups is 1. The number of hydrogen-bond donors (Lipinski definition) is 1. The first kappa shape index (κ1) is 8.13. The van der Waals surface area contributed by atoms with E-state index in [0.29, 0.717) is 5.37 Å². The van der Waals surface area contributed by atoms with Crippen molar-refractivity contribution in [3.8, 4) is 0 Å². The van der Waals surface area contributed by atoms with Crippen molar-refractivity contribution in [2.24, 2.45) is 7.05 Å². The average molecular weight is 183 g/mol. The van der Waals surface area contributed by atoms with Gasteiger partial charge in [-0.05, 0) is 6.92 Å². The molecule has 1 aliphatic heterocycles. The molecule has 12 heavy (non-hydrogen) atoms. The van der Waals surface area contributed by atoms with Crippen molar-refractivity contribution >= 4 is 11.8 Å². The van der Waals surface area contributed by atoms with Crippen molar-refractivity contribution in [2.75, 3.05) is 12.3 Å². The molecule has 1 aliphatic rings. The topological polar surface area (TPSA) is 29.9 Å².